The van der Waals surface area contributed by atoms with Crippen LogP contribution < -0.4 is 5.48 Å². The molecule has 0 aliphatic heterocycles. The SMILES string of the molecule is c1ccc(CONC2CC(c3ccccc3)C2)cc1. The van der Waals surface area contributed by atoms with Crippen molar-refractivity contribution in [2.75, 3.05) is 0 Å². The topological polar surface area (TPSA) is 21.3 Å². The van der Waals surface area contributed by atoms with Gasteiger partial charge in [-0.15, -0.1) is 0 Å². The predicted molar refractivity (Wildman–Crippen MR) is 76.6 cm³/mol. The summed E-state index contributed by atoms with van der Waals surface area (Å²) in [6.45, 7) is 0.632. The van der Waals surface area contributed by atoms with Crippen LogP contribution in [-0.4, -0.2) is 6.04 Å². The van der Waals surface area contributed by atoms with Crippen LogP contribution in [0.2, 0.25) is 0 Å². The first-order valence-electron chi connectivity index (χ1n) is 6.88. The van der Waals surface area contributed by atoms with Crippen molar-refractivity contribution in [3.63, 3.8) is 0 Å². The number of hydrogen-bond acceptors (Lipinski definition) is 2. The van der Waals surface area contributed by atoms with Gasteiger partial charge in [0.1, 0.15) is 0 Å². The van der Waals surface area contributed by atoms with Gasteiger partial charge in [0.2, 0.25) is 0 Å². The Balaban J connectivity index is 1.38. The fourth-order valence-corrected chi connectivity index (χ4v) is 2.53. The summed E-state index contributed by atoms with van der Waals surface area (Å²) in [6.07, 6.45) is 2.33. The Bertz CT molecular complexity index is 491. The molecule has 0 atom stereocenters. The highest BCUT2D eigenvalue weighted by Gasteiger charge is 2.30. The molecule has 0 aromatic heterocycles. The van der Waals surface area contributed by atoms with Gasteiger partial charge in [-0.1, -0.05) is 60.7 Å². The molecule has 0 amide bonds. The summed E-state index contributed by atoms with van der Waals surface area (Å²) in [5.74, 6) is 0.694. The van der Waals surface area contributed by atoms with Crippen molar-refractivity contribution in [1.29, 1.82) is 0 Å². The van der Waals surface area contributed by atoms with E-state index in [9.17, 15) is 0 Å². The highest BCUT2D eigenvalue weighted by molar-refractivity contribution is 5.22. The molecule has 1 aliphatic rings. The van der Waals surface area contributed by atoms with Gasteiger partial charge in [0, 0.05) is 6.04 Å². The van der Waals surface area contributed by atoms with Gasteiger partial charge in [-0.05, 0) is 29.9 Å². The lowest BCUT2D eigenvalue weighted by Crippen LogP contribution is -2.39. The quantitative estimate of drug-likeness (QED) is 0.821. The summed E-state index contributed by atoms with van der Waals surface area (Å²) in [5.41, 5.74) is 5.82. The Labute approximate surface area is 114 Å². The van der Waals surface area contributed by atoms with Crippen molar-refractivity contribution in [2.24, 2.45) is 0 Å². The van der Waals surface area contributed by atoms with Gasteiger partial charge >= 0.3 is 0 Å². The molecule has 2 aromatic carbocycles. The summed E-state index contributed by atoms with van der Waals surface area (Å²) in [4.78, 5) is 5.56. The van der Waals surface area contributed by atoms with E-state index >= 15 is 0 Å². The lowest BCUT2D eigenvalue weighted by atomic mass is 9.76. The molecule has 98 valence electrons. The molecule has 1 N–H and O–H groups in total. The monoisotopic (exact) mass is 253 g/mol. The number of nitrogens with one attached hydrogen (secondary N) is 1. The Morgan fingerprint density at radius 3 is 2.21 bits per heavy atom. The van der Waals surface area contributed by atoms with Crippen molar-refractivity contribution >= 4 is 0 Å². The standard InChI is InChI=1S/C17H19NO/c1-3-7-14(8-4-1)13-19-18-17-11-16(12-17)15-9-5-2-6-10-15/h1-10,16-18H,11-13H2. The zero-order valence-electron chi connectivity index (χ0n) is 11.0. The highest BCUT2D eigenvalue weighted by Crippen LogP contribution is 2.36. The summed E-state index contributed by atoms with van der Waals surface area (Å²) >= 11 is 0. The van der Waals surface area contributed by atoms with Crippen molar-refractivity contribution in [2.45, 2.75) is 31.4 Å². The first kappa shape index (κ1) is 12.4. The molecule has 2 nitrogen and oxygen atoms in total. The Morgan fingerprint density at radius 2 is 1.53 bits per heavy atom. The van der Waals surface area contributed by atoms with E-state index in [4.69, 9.17) is 4.84 Å². The number of rotatable bonds is 5. The van der Waals surface area contributed by atoms with Crippen LogP contribution in [0.1, 0.15) is 29.9 Å². The predicted octanol–water partition coefficient (Wildman–Crippen LogP) is 3.65. The molecule has 1 fully saturated rings. The van der Waals surface area contributed by atoms with Crippen molar-refractivity contribution in [3.05, 3.63) is 71.8 Å². The fourth-order valence-electron chi connectivity index (χ4n) is 2.53. The average molecular weight is 253 g/mol. The molecular weight excluding hydrogens is 234 g/mol. The second kappa shape index (κ2) is 6.00. The summed E-state index contributed by atoms with van der Waals surface area (Å²) in [7, 11) is 0. The normalized spacial score (nSPS) is 21.9. The van der Waals surface area contributed by atoms with Gasteiger partial charge in [-0.3, -0.25) is 4.84 Å². The maximum absolute atomic E-state index is 5.56. The van der Waals surface area contributed by atoms with E-state index < -0.39 is 0 Å². The summed E-state index contributed by atoms with van der Waals surface area (Å²) in [5, 5.41) is 0. The molecule has 2 heteroatoms. The third-order valence-corrected chi connectivity index (χ3v) is 3.74. The van der Waals surface area contributed by atoms with Crippen molar-refractivity contribution < 1.29 is 4.84 Å². The first-order valence-corrected chi connectivity index (χ1v) is 6.88. The lowest BCUT2D eigenvalue weighted by Gasteiger charge is -2.35. The van der Waals surface area contributed by atoms with E-state index in [2.05, 4.69) is 47.9 Å². The molecule has 0 heterocycles. The van der Waals surface area contributed by atoms with E-state index in [-0.39, 0.29) is 0 Å². The van der Waals surface area contributed by atoms with Crippen LogP contribution in [0, 0.1) is 0 Å². The molecule has 0 radical (unpaired) electrons. The molecule has 3 rings (SSSR count). The number of hydroxylamine groups is 1. The third-order valence-electron chi connectivity index (χ3n) is 3.74. The van der Waals surface area contributed by atoms with Gasteiger partial charge in [0.25, 0.3) is 0 Å². The molecule has 0 spiro atoms. The van der Waals surface area contributed by atoms with Gasteiger partial charge in [-0.2, -0.15) is 5.48 Å². The molecule has 2 aromatic rings. The molecule has 19 heavy (non-hydrogen) atoms. The van der Waals surface area contributed by atoms with Crippen molar-refractivity contribution in [1.82, 2.24) is 5.48 Å². The molecule has 0 unspecified atom stereocenters. The fraction of sp³-hybridized carbons (Fsp3) is 0.294. The van der Waals surface area contributed by atoms with Gasteiger partial charge in [-0.25, -0.2) is 0 Å². The molecule has 1 aliphatic carbocycles. The van der Waals surface area contributed by atoms with E-state index in [1.54, 1.807) is 0 Å². The van der Waals surface area contributed by atoms with E-state index in [1.807, 2.05) is 18.2 Å². The average Bonchev–Trinajstić information content (AvgIpc) is 2.43. The molecule has 0 saturated heterocycles. The van der Waals surface area contributed by atoms with E-state index in [0.717, 1.165) is 0 Å². The van der Waals surface area contributed by atoms with Crippen LogP contribution in [0.15, 0.2) is 60.7 Å². The summed E-state index contributed by atoms with van der Waals surface area (Å²) in [6, 6.07) is 21.5. The van der Waals surface area contributed by atoms with Crippen molar-refractivity contribution in [3.8, 4) is 0 Å². The zero-order valence-corrected chi connectivity index (χ0v) is 11.0. The van der Waals surface area contributed by atoms with E-state index in [1.165, 1.54) is 24.0 Å². The number of hydrogen-bond donors (Lipinski definition) is 1. The zero-order chi connectivity index (χ0) is 12.9. The molecular formula is C17H19NO. The van der Waals surface area contributed by atoms with Crippen LogP contribution in [0.3, 0.4) is 0 Å². The second-order valence-electron chi connectivity index (χ2n) is 5.17. The van der Waals surface area contributed by atoms with Gasteiger partial charge < -0.3 is 0 Å². The molecule has 1 saturated carbocycles. The first-order chi connectivity index (χ1) is 9.42. The smallest absolute Gasteiger partial charge is 0.0933 e. The van der Waals surface area contributed by atoms with Crippen LogP contribution in [0.25, 0.3) is 0 Å². The van der Waals surface area contributed by atoms with Gasteiger partial charge in [0.05, 0.1) is 6.61 Å². The van der Waals surface area contributed by atoms with Crippen LogP contribution in [-0.2, 0) is 11.4 Å². The second-order valence-corrected chi connectivity index (χ2v) is 5.17. The highest BCUT2D eigenvalue weighted by atomic mass is 16.6. The Morgan fingerprint density at radius 1 is 0.895 bits per heavy atom. The van der Waals surface area contributed by atoms with E-state index in [0.29, 0.717) is 18.6 Å². The van der Waals surface area contributed by atoms with Crippen LogP contribution >= 0.6 is 0 Å². The number of benzene rings is 2. The Hall–Kier alpha value is -1.64. The third kappa shape index (κ3) is 3.22. The van der Waals surface area contributed by atoms with Crippen LogP contribution in [0.5, 0.6) is 0 Å². The minimum Gasteiger partial charge on any atom is -0.297 e. The van der Waals surface area contributed by atoms with Crippen LogP contribution in [0.4, 0.5) is 0 Å². The maximum Gasteiger partial charge on any atom is 0.0933 e. The largest absolute Gasteiger partial charge is 0.297 e. The Kier molecular flexibility index (Phi) is 3.92. The minimum atomic E-state index is 0.494. The van der Waals surface area contributed by atoms with Gasteiger partial charge in [0.15, 0.2) is 0 Å². The summed E-state index contributed by atoms with van der Waals surface area (Å²) < 4.78 is 0. The minimum absolute atomic E-state index is 0.494. The maximum atomic E-state index is 5.56. The molecule has 0 bridgehead atoms. The lowest BCUT2D eigenvalue weighted by molar-refractivity contribution is -0.0197.